The Hall–Kier alpha value is -3.93. The van der Waals surface area contributed by atoms with Crippen molar-refractivity contribution in [3.8, 4) is 5.75 Å². The molecule has 1 amide bonds. The summed E-state index contributed by atoms with van der Waals surface area (Å²) in [6.45, 7) is 2.36. The number of hydrogen-bond donors (Lipinski definition) is 0. The lowest BCUT2D eigenvalue weighted by molar-refractivity contribution is -0.136. The second-order valence-corrected chi connectivity index (χ2v) is 8.25. The van der Waals surface area contributed by atoms with E-state index in [0.29, 0.717) is 23.6 Å². The van der Waals surface area contributed by atoms with Crippen LogP contribution in [0, 0.1) is 12.7 Å². The number of amides is 1. The highest BCUT2D eigenvalue weighted by Gasteiger charge is 2.42. The average Bonchev–Trinajstić information content (AvgIpc) is 3.20. The number of halogens is 1. The number of anilines is 1. The molecule has 0 radical (unpaired) electrons. The summed E-state index contributed by atoms with van der Waals surface area (Å²) >= 11 is 0. The van der Waals surface area contributed by atoms with E-state index in [0.717, 1.165) is 22.4 Å². The van der Waals surface area contributed by atoms with Crippen LogP contribution in [0.5, 0.6) is 5.75 Å². The summed E-state index contributed by atoms with van der Waals surface area (Å²) in [5.74, 6) is -0.453. The van der Waals surface area contributed by atoms with Gasteiger partial charge in [0, 0.05) is 18.0 Å². The fourth-order valence-electron chi connectivity index (χ4n) is 4.35. The molecule has 5 nitrogen and oxygen atoms in total. The molecular weight excluding hydrogens is 421 g/mol. The number of rotatable bonds is 5. The minimum absolute atomic E-state index is 0.0701. The van der Waals surface area contributed by atoms with Gasteiger partial charge in [0.05, 0.1) is 11.3 Å². The Labute approximate surface area is 191 Å². The van der Waals surface area contributed by atoms with Gasteiger partial charge in [0.1, 0.15) is 24.8 Å². The number of nitrogens with zero attached hydrogens (tertiary/aromatic N) is 1. The molecule has 1 unspecified atom stereocenters. The zero-order chi connectivity index (χ0) is 22.9. The molecule has 3 aromatic rings. The molecule has 0 fully saturated rings. The maximum absolute atomic E-state index is 13.2. The van der Waals surface area contributed by atoms with Crippen molar-refractivity contribution in [2.45, 2.75) is 25.9 Å². The Kier molecular flexibility index (Phi) is 5.42. The SMILES string of the molecule is Cc1cccc(N2C(=O)CC(c3ccc(OCc4ccc(F)cc4)cc3)C3=C2COC3=O)c1. The molecule has 0 N–H and O–H groups in total. The number of ether oxygens (including phenoxy) is 2. The van der Waals surface area contributed by atoms with Crippen molar-refractivity contribution in [2.24, 2.45) is 0 Å². The second kappa shape index (κ2) is 8.54. The summed E-state index contributed by atoms with van der Waals surface area (Å²) in [5.41, 5.74) is 4.64. The van der Waals surface area contributed by atoms with E-state index < -0.39 is 0 Å². The van der Waals surface area contributed by atoms with Crippen LogP contribution in [-0.4, -0.2) is 18.5 Å². The average molecular weight is 443 g/mol. The first-order valence-electron chi connectivity index (χ1n) is 10.8. The van der Waals surface area contributed by atoms with Crippen molar-refractivity contribution in [1.82, 2.24) is 0 Å². The van der Waals surface area contributed by atoms with Gasteiger partial charge in [-0.2, -0.15) is 0 Å². The number of carbonyl (C=O) groups is 2. The molecule has 2 heterocycles. The van der Waals surface area contributed by atoms with E-state index in [2.05, 4.69) is 0 Å². The van der Waals surface area contributed by atoms with Crippen LogP contribution in [0.25, 0.3) is 0 Å². The minimum atomic E-state index is -0.378. The van der Waals surface area contributed by atoms with E-state index in [-0.39, 0.29) is 36.6 Å². The quantitative estimate of drug-likeness (QED) is 0.518. The van der Waals surface area contributed by atoms with E-state index >= 15 is 0 Å². The van der Waals surface area contributed by atoms with Crippen molar-refractivity contribution in [2.75, 3.05) is 11.5 Å². The molecule has 0 spiro atoms. The minimum Gasteiger partial charge on any atom is -0.489 e. The highest BCUT2D eigenvalue weighted by Crippen LogP contribution is 2.42. The zero-order valence-corrected chi connectivity index (χ0v) is 18.1. The normalized spacial score (nSPS) is 17.8. The number of cyclic esters (lactones) is 1. The largest absolute Gasteiger partial charge is 0.489 e. The maximum Gasteiger partial charge on any atom is 0.336 e. The molecule has 5 rings (SSSR count). The van der Waals surface area contributed by atoms with Gasteiger partial charge in [-0.25, -0.2) is 9.18 Å². The van der Waals surface area contributed by atoms with Crippen LogP contribution in [-0.2, 0) is 20.9 Å². The number of carbonyl (C=O) groups excluding carboxylic acids is 2. The molecule has 0 saturated heterocycles. The van der Waals surface area contributed by atoms with Crippen LogP contribution in [0.15, 0.2) is 84.1 Å². The Morgan fingerprint density at radius 3 is 2.52 bits per heavy atom. The van der Waals surface area contributed by atoms with Gasteiger partial charge in [-0.05, 0) is 60.0 Å². The van der Waals surface area contributed by atoms with Gasteiger partial charge in [0.25, 0.3) is 0 Å². The van der Waals surface area contributed by atoms with E-state index in [9.17, 15) is 14.0 Å². The van der Waals surface area contributed by atoms with E-state index in [1.54, 1.807) is 17.0 Å². The fourth-order valence-corrected chi connectivity index (χ4v) is 4.35. The maximum atomic E-state index is 13.2. The molecule has 2 aliphatic heterocycles. The Balaban J connectivity index is 1.39. The summed E-state index contributed by atoms with van der Waals surface area (Å²) in [6, 6.07) is 21.2. The number of hydrogen-bond acceptors (Lipinski definition) is 4. The molecular formula is C27H22FNO4. The van der Waals surface area contributed by atoms with Gasteiger partial charge in [-0.15, -0.1) is 0 Å². The first kappa shape index (κ1) is 20.9. The standard InChI is InChI=1S/C27H22FNO4/c1-17-3-2-4-21(13-17)29-24-16-33-27(31)26(24)23(14-25(29)30)19-7-11-22(12-8-19)32-15-18-5-9-20(28)10-6-18/h2-13,23H,14-16H2,1H3. The first-order chi connectivity index (χ1) is 16.0. The monoisotopic (exact) mass is 443 g/mol. The molecule has 6 heteroatoms. The van der Waals surface area contributed by atoms with Gasteiger partial charge in [0.2, 0.25) is 5.91 Å². The smallest absolute Gasteiger partial charge is 0.336 e. The summed E-state index contributed by atoms with van der Waals surface area (Å²) in [7, 11) is 0. The lowest BCUT2D eigenvalue weighted by Gasteiger charge is -2.32. The van der Waals surface area contributed by atoms with Gasteiger partial charge in [0.15, 0.2) is 0 Å². The van der Waals surface area contributed by atoms with Gasteiger partial charge >= 0.3 is 5.97 Å². The summed E-state index contributed by atoms with van der Waals surface area (Å²) in [6.07, 6.45) is 0.178. The molecule has 0 bridgehead atoms. The van der Waals surface area contributed by atoms with Gasteiger partial charge in [-0.1, -0.05) is 36.4 Å². The Morgan fingerprint density at radius 1 is 1.03 bits per heavy atom. The van der Waals surface area contributed by atoms with Crippen LogP contribution in [0.2, 0.25) is 0 Å². The lowest BCUT2D eigenvalue weighted by Crippen LogP contribution is -2.37. The van der Waals surface area contributed by atoms with Crippen LogP contribution in [0.1, 0.15) is 29.0 Å². The lowest BCUT2D eigenvalue weighted by atomic mass is 9.84. The van der Waals surface area contributed by atoms with Gasteiger partial charge < -0.3 is 9.47 Å². The van der Waals surface area contributed by atoms with Crippen LogP contribution >= 0.6 is 0 Å². The predicted octanol–water partition coefficient (Wildman–Crippen LogP) is 5.04. The van der Waals surface area contributed by atoms with Crippen molar-refractivity contribution < 1.29 is 23.5 Å². The molecule has 33 heavy (non-hydrogen) atoms. The van der Waals surface area contributed by atoms with Crippen molar-refractivity contribution in [3.05, 3.63) is 107 Å². The van der Waals surface area contributed by atoms with E-state index in [1.165, 1.54) is 12.1 Å². The molecule has 1 atom stereocenters. The topological polar surface area (TPSA) is 55.8 Å². The van der Waals surface area contributed by atoms with E-state index in [4.69, 9.17) is 9.47 Å². The molecule has 0 aliphatic carbocycles. The van der Waals surface area contributed by atoms with Crippen LogP contribution < -0.4 is 9.64 Å². The molecule has 166 valence electrons. The highest BCUT2D eigenvalue weighted by molar-refractivity contribution is 6.06. The fraction of sp³-hybridized carbons (Fsp3) is 0.185. The van der Waals surface area contributed by atoms with E-state index in [1.807, 2.05) is 55.5 Å². The first-order valence-corrected chi connectivity index (χ1v) is 10.8. The van der Waals surface area contributed by atoms with Crippen molar-refractivity contribution >= 4 is 17.6 Å². The van der Waals surface area contributed by atoms with Crippen molar-refractivity contribution in [1.29, 1.82) is 0 Å². The number of benzene rings is 3. The molecule has 0 saturated carbocycles. The summed E-state index contributed by atoms with van der Waals surface area (Å²) < 4.78 is 24.2. The van der Waals surface area contributed by atoms with Crippen LogP contribution in [0.3, 0.4) is 0 Å². The predicted molar refractivity (Wildman–Crippen MR) is 121 cm³/mol. The van der Waals surface area contributed by atoms with Crippen LogP contribution in [0.4, 0.5) is 10.1 Å². The zero-order valence-electron chi connectivity index (χ0n) is 18.1. The molecule has 2 aliphatic rings. The third-order valence-corrected chi connectivity index (χ3v) is 5.98. The Bertz CT molecular complexity index is 1250. The van der Waals surface area contributed by atoms with Crippen molar-refractivity contribution in [3.63, 3.8) is 0 Å². The second-order valence-electron chi connectivity index (χ2n) is 8.25. The molecule has 3 aromatic carbocycles. The number of esters is 1. The Morgan fingerprint density at radius 2 is 1.79 bits per heavy atom. The number of aryl methyl sites for hydroxylation is 1. The third-order valence-electron chi connectivity index (χ3n) is 5.98. The third kappa shape index (κ3) is 4.12. The highest BCUT2D eigenvalue weighted by atomic mass is 19.1. The van der Waals surface area contributed by atoms with Gasteiger partial charge in [-0.3, -0.25) is 9.69 Å². The summed E-state index contributed by atoms with van der Waals surface area (Å²) in [5, 5.41) is 0. The molecule has 0 aromatic heterocycles. The summed E-state index contributed by atoms with van der Waals surface area (Å²) in [4.78, 5) is 27.4.